The lowest BCUT2D eigenvalue weighted by atomic mass is 10.1. The van der Waals surface area contributed by atoms with E-state index in [0.717, 1.165) is 49.8 Å². The molecule has 0 aliphatic carbocycles. The molecular weight excluding hydrogens is 296 g/mol. The average Bonchev–Trinajstić information content (AvgIpc) is 2.89. The zero-order valence-electron chi connectivity index (χ0n) is 15.3. The van der Waals surface area contributed by atoms with Gasteiger partial charge in [-0.15, -0.1) is 0 Å². The second-order valence-electron chi connectivity index (χ2n) is 6.71. The number of rotatable bonds is 6. The molecule has 2 heterocycles. The number of fused-ring (bicyclic) bond motifs is 1. The van der Waals surface area contributed by atoms with Gasteiger partial charge in [0.25, 0.3) is 0 Å². The van der Waals surface area contributed by atoms with Gasteiger partial charge in [-0.05, 0) is 44.7 Å². The van der Waals surface area contributed by atoms with Gasteiger partial charge in [0.15, 0.2) is 0 Å². The monoisotopic (exact) mass is 324 g/mol. The summed E-state index contributed by atoms with van der Waals surface area (Å²) in [5.41, 5.74) is 3.72. The summed E-state index contributed by atoms with van der Waals surface area (Å²) in [4.78, 5) is 14.3. The van der Waals surface area contributed by atoms with Gasteiger partial charge in [0.1, 0.15) is 5.82 Å². The molecule has 3 rings (SSSR count). The number of nitrogens with zero attached hydrogens (tertiary/aromatic N) is 4. The molecule has 0 saturated heterocycles. The standard InChI is InChI=1S/C20H28N4/c1-5-11-23(12-6-2)20-21-15(3)13-19(22-20)24-16(4)14-17-9-7-8-10-18(17)24/h7-10,13,16H,5-6,11-12,14H2,1-4H3. The van der Waals surface area contributed by atoms with E-state index in [9.17, 15) is 0 Å². The minimum Gasteiger partial charge on any atom is -0.341 e. The van der Waals surface area contributed by atoms with Crippen molar-refractivity contribution in [3.8, 4) is 0 Å². The molecule has 24 heavy (non-hydrogen) atoms. The second-order valence-corrected chi connectivity index (χ2v) is 6.71. The number of hydrogen-bond donors (Lipinski definition) is 0. The van der Waals surface area contributed by atoms with Gasteiger partial charge in [-0.2, -0.15) is 4.98 Å². The lowest BCUT2D eigenvalue weighted by molar-refractivity contribution is 0.710. The Hall–Kier alpha value is -2.10. The van der Waals surface area contributed by atoms with E-state index in [2.05, 4.69) is 67.8 Å². The molecule has 128 valence electrons. The third-order valence-electron chi connectivity index (χ3n) is 4.55. The third-order valence-corrected chi connectivity index (χ3v) is 4.55. The highest BCUT2D eigenvalue weighted by molar-refractivity contribution is 5.69. The first-order chi connectivity index (χ1) is 11.6. The third kappa shape index (κ3) is 3.23. The van der Waals surface area contributed by atoms with Gasteiger partial charge < -0.3 is 9.80 Å². The highest BCUT2D eigenvalue weighted by Gasteiger charge is 2.28. The van der Waals surface area contributed by atoms with Crippen molar-refractivity contribution in [1.82, 2.24) is 9.97 Å². The van der Waals surface area contributed by atoms with Crippen LogP contribution in [0.2, 0.25) is 0 Å². The Balaban J connectivity index is 2.00. The van der Waals surface area contributed by atoms with Crippen molar-refractivity contribution in [3.05, 3.63) is 41.6 Å². The van der Waals surface area contributed by atoms with Crippen LogP contribution < -0.4 is 9.80 Å². The molecule has 1 aliphatic heterocycles. The SMILES string of the molecule is CCCN(CCC)c1nc(C)cc(N2c3ccccc3CC2C)n1. The number of aromatic nitrogens is 2. The molecule has 1 aromatic heterocycles. The minimum atomic E-state index is 0.426. The molecule has 1 aromatic carbocycles. The van der Waals surface area contributed by atoms with E-state index >= 15 is 0 Å². The molecule has 0 amide bonds. The topological polar surface area (TPSA) is 32.3 Å². The molecule has 1 atom stereocenters. The fraction of sp³-hybridized carbons (Fsp3) is 0.500. The van der Waals surface area contributed by atoms with Crippen molar-refractivity contribution >= 4 is 17.5 Å². The molecule has 0 fully saturated rings. The number of hydrogen-bond acceptors (Lipinski definition) is 4. The summed E-state index contributed by atoms with van der Waals surface area (Å²) in [5, 5.41) is 0. The molecule has 0 N–H and O–H groups in total. The first kappa shape index (κ1) is 16.7. The van der Waals surface area contributed by atoms with Gasteiger partial charge in [-0.1, -0.05) is 32.0 Å². The molecule has 1 unspecified atom stereocenters. The summed E-state index contributed by atoms with van der Waals surface area (Å²) in [6.07, 6.45) is 3.29. The van der Waals surface area contributed by atoms with Crippen LogP contribution in [-0.4, -0.2) is 29.1 Å². The number of aryl methyl sites for hydroxylation is 1. The molecule has 0 radical (unpaired) electrons. The van der Waals surface area contributed by atoms with Crippen LogP contribution in [0.3, 0.4) is 0 Å². The summed E-state index contributed by atoms with van der Waals surface area (Å²) in [6, 6.07) is 11.2. The summed E-state index contributed by atoms with van der Waals surface area (Å²) in [7, 11) is 0. The van der Waals surface area contributed by atoms with Gasteiger partial charge in [-0.3, -0.25) is 0 Å². The Morgan fingerprint density at radius 2 is 1.83 bits per heavy atom. The van der Waals surface area contributed by atoms with Gasteiger partial charge in [-0.25, -0.2) is 4.98 Å². The van der Waals surface area contributed by atoms with Gasteiger partial charge in [0.2, 0.25) is 5.95 Å². The van der Waals surface area contributed by atoms with Crippen molar-refractivity contribution in [1.29, 1.82) is 0 Å². The quantitative estimate of drug-likeness (QED) is 0.783. The highest BCUT2D eigenvalue weighted by atomic mass is 15.3. The summed E-state index contributed by atoms with van der Waals surface area (Å²) >= 11 is 0. The van der Waals surface area contributed by atoms with Crippen LogP contribution in [-0.2, 0) is 6.42 Å². The van der Waals surface area contributed by atoms with Crippen LogP contribution >= 0.6 is 0 Å². The summed E-state index contributed by atoms with van der Waals surface area (Å²) in [6.45, 7) is 10.8. The van der Waals surface area contributed by atoms with Crippen LogP contribution in [0.4, 0.5) is 17.5 Å². The number of para-hydroxylation sites is 1. The van der Waals surface area contributed by atoms with Crippen LogP contribution in [0.1, 0.15) is 44.9 Å². The molecule has 4 nitrogen and oxygen atoms in total. The van der Waals surface area contributed by atoms with Crippen LogP contribution in [0.5, 0.6) is 0 Å². The molecule has 4 heteroatoms. The normalized spacial score (nSPS) is 16.3. The van der Waals surface area contributed by atoms with E-state index in [1.807, 2.05) is 0 Å². The summed E-state index contributed by atoms with van der Waals surface area (Å²) < 4.78 is 0. The molecule has 0 saturated carbocycles. The van der Waals surface area contributed by atoms with Crippen LogP contribution in [0, 0.1) is 6.92 Å². The van der Waals surface area contributed by atoms with E-state index in [0.29, 0.717) is 6.04 Å². The van der Waals surface area contributed by atoms with Crippen LogP contribution in [0.15, 0.2) is 30.3 Å². The fourth-order valence-corrected chi connectivity index (χ4v) is 3.57. The van der Waals surface area contributed by atoms with E-state index in [1.165, 1.54) is 11.3 Å². The maximum Gasteiger partial charge on any atom is 0.227 e. The Kier molecular flexibility index (Phi) is 5.03. The zero-order chi connectivity index (χ0) is 17.1. The van der Waals surface area contributed by atoms with Crippen molar-refractivity contribution in [3.63, 3.8) is 0 Å². The first-order valence-corrected chi connectivity index (χ1v) is 9.11. The maximum atomic E-state index is 4.94. The predicted octanol–water partition coefficient (Wildman–Crippen LogP) is 4.49. The Bertz CT molecular complexity index is 692. The molecule has 1 aliphatic rings. The smallest absolute Gasteiger partial charge is 0.227 e. The first-order valence-electron chi connectivity index (χ1n) is 9.11. The lowest BCUT2D eigenvalue weighted by Crippen LogP contribution is -2.29. The minimum absolute atomic E-state index is 0.426. The van der Waals surface area contributed by atoms with Gasteiger partial charge in [0.05, 0.1) is 0 Å². The summed E-state index contributed by atoms with van der Waals surface area (Å²) in [5.74, 6) is 1.89. The van der Waals surface area contributed by atoms with Crippen LogP contribution in [0.25, 0.3) is 0 Å². The Labute approximate surface area is 145 Å². The fourth-order valence-electron chi connectivity index (χ4n) is 3.57. The van der Waals surface area contributed by atoms with Gasteiger partial charge in [0, 0.05) is 36.6 Å². The Morgan fingerprint density at radius 3 is 2.54 bits per heavy atom. The van der Waals surface area contributed by atoms with Gasteiger partial charge >= 0.3 is 0 Å². The predicted molar refractivity (Wildman–Crippen MR) is 101 cm³/mol. The van der Waals surface area contributed by atoms with Crippen molar-refractivity contribution < 1.29 is 0 Å². The maximum absolute atomic E-state index is 4.94. The Morgan fingerprint density at radius 1 is 1.12 bits per heavy atom. The van der Waals surface area contributed by atoms with Crippen molar-refractivity contribution in [2.45, 2.75) is 53.0 Å². The lowest BCUT2D eigenvalue weighted by Gasteiger charge is -2.27. The number of benzene rings is 1. The van der Waals surface area contributed by atoms with Crippen molar-refractivity contribution in [2.24, 2.45) is 0 Å². The highest BCUT2D eigenvalue weighted by Crippen LogP contribution is 2.37. The molecule has 0 spiro atoms. The van der Waals surface area contributed by atoms with Crippen molar-refractivity contribution in [2.75, 3.05) is 22.9 Å². The second kappa shape index (κ2) is 7.20. The molecular formula is C20H28N4. The molecule has 2 aromatic rings. The van der Waals surface area contributed by atoms with E-state index in [-0.39, 0.29) is 0 Å². The average molecular weight is 324 g/mol. The molecule has 0 bridgehead atoms. The number of anilines is 3. The van der Waals surface area contributed by atoms with E-state index in [1.54, 1.807) is 0 Å². The van der Waals surface area contributed by atoms with E-state index in [4.69, 9.17) is 9.97 Å². The zero-order valence-corrected chi connectivity index (χ0v) is 15.3. The van der Waals surface area contributed by atoms with E-state index < -0.39 is 0 Å². The largest absolute Gasteiger partial charge is 0.341 e.